The van der Waals surface area contributed by atoms with Gasteiger partial charge in [-0.1, -0.05) is 84.4 Å². The van der Waals surface area contributed by atoms with Gasteiger partial charge in [0, 0.05) is 12.1 Å². The van der Waals surface area contributed by atoms with Crippen molar-refractivity contribution in [2.45, 2.75) is 19.9 Å². The van der Waals surface area contributed by atoms with Crippen molar-refractivity contribution < 1.29 is 14.3 Å². The molecule has 0 unspecified atom stereocenters. The molecule has 37 heavy (non-hydrogen) atoms. The highest BCUT2D eigenvalue weighted by atomic mass is 16.5. The third-order valence-electron chi connectivity index (χ3n) is 6.31. The van der Waals surface area contributed by atoms with Crippen LogP contribution in [-0.4, -0.2) is 18.4 Å². The van der Waals surface area contributed by atoms with E-state index in [0.29, 0.717) is 24.4 Å². The summed E-state index contributed by atoms with van der Waals surface area (Å²) in [5.74, 6) is 0.543. The summed E-state index contributed by atoms with van der Waals surface area (Å²) in [6.07, 6.45) is 2.49. The second-order valence-corrected chi connectivity index (χ2v) is 9.07. The van der Waals surface area contributed by atoms with E-state index in [0.717, 1.165) is 23.2 Å². The van der Waals surface area contributed by atoms with Gasteiger partial charge in [-0.3, -0.25) is 14.5 Å². The summed E-state index contributed by atoms with van der Waals surface area (Å²) < 4.78 is 6.00. The number of amides is 2. The fourth-order valence-corrected chi connectivity index (χ4v) is 4.24. The average molecular weight is 489 g/mol. The first-order valence-electron chi connectivity index (χ1n) is 12.3. The molecule has 1 aliphatic heterocycles. The van der Waals surface area contributed by atoms with Crippen molar-refractivity contribution in [1.82, 2.24) is 5.32 Å². The van der Waals surface area contributed by atoms with Gasteiger partial charge in [-0.15, -0.1) is 0 Å². The number of carbonyl (C=O) groups excluding carboxylic acids is 2. The van der Waals surface area contributed by atoms with Crippen molar-refractivity contribution in [1.29, 1.82) is 0 Å². The number of nitrogens with zero attached hydrogens (tertiary/aromatic N) is 1. The molecule has 0 radical (unpaired) electrons. The maximum Gasteiger partial charge on any atom is 0.294 e. The largest absolute Gasteiger partial charge is 0.449 e. The zero-order valence-electron chi connectivity index (χ0n) is 20.7. The first kappa shape index (κ1) is 24.1. The molecule has 0 aromatic heterocycles. The molecule has 1 heterocycles. The highest BCUT2D eigenvalue weighted by molar-refractivity contribution is 6.09. The van der Waals surface area contributed by atoms with E-state index in [-0.39, 0.29) is 17.6 Å². The van der Waals surface area contributed by atoms with Crippen LogP contribution in [0.15, 0.2) is 109 Å². The Balaban J connectivity index is 1.30. The van der Waals surface area contributed by atoms with Gasteiger partial charge in [0.2, 0.25) is 0 Å². The van der Waals surface area contributed by atoms with Crippen LogP contribution in [0.4, 0.5) is 5.69 Å². The Kier molecular flexibility index (Phi) is 7.13. The van der Waals surface area contributed by atoms with Gasteiger partial charge in [0.1, 0.15) is 0 Å². The first-order valence-corrected chi connectivity index (χ1v) is 12.3. The Bertz CT molecular complexity index is 1430. The van der Waals surface area contributed by atoms with Crippen LogP contribution in [0.2, 0.25) is 0 Å². The molecular weight excluding hydrogens is 460 g/mol. The number of anilines is 1. The van der Waals surface area contributed by atoms with E-state index in [4.69, 9.17) is 4.74 Å². The number of carbonyl (C=O) groups is 2. The van der Waals surface area contributed by atoms with E-state index in [1.165, 1.54) is 11.1 Å². The van der Waals surface area contributed by atoms with Crippen LogP contribution in [-0.2, 0) is 17.8 Å². The Hall–Kier alpha value is -4.64. The fourth-order valence-electron chi connectivity index (χ4n) is 4.24. The van der Waals surface area contributed by atoms with Crippen LogP contribution in [0.5, 0.6) is 5.75 Å². The van der Waals surface area contributed by atoms with Gasteiger partial charge in [-0.05, 0) is 60.4 Å². The monoisotopic (exact) mass is 488 g/mol. The van der Waals surface area contributed by atoms with Crippen molar-refractivity contribution in [2.75, 3.05) is 11.4 Å². The lowest BCUT2D eigenvalue weighted by atomic mass is 10.1. The van der Waals surface area contributed by atoms with E-state index in [1.54, 1.807) is 23.1 Å². The first-order chi connectivity index (χ1) is 18.1. The van der Waals surface area contributed by atoms with Gasteiger partial charge in [0.15, 0.2) is 11.5 Å². The molecule has 2 amide bonds. The standard InChI is InChI=1S/C32H28N2O3/c1-23-11-13-26(14-12-23)22-34-28-9-5-6-10-29(28)37-30(32(34)36)21-25-15-17-27(18-16-25)31(35)33-20-19-24-7-3-2-4-8-24/h2-18,21H,19-20,22H2,1H3,(H,33,35). The predicted molar refractivity (Wildman–Crippen MR) is 146 cm³/mol. The van der Waals surface area contributed by atoms with Crippen LogP contribution < -0.4 is 15.0 Å². The second-order valence-electron chi connectivity index (χ2n) is 9.07. The number of ether oxygens (including phenoxy) is 1. The Morgan fingerprint density at radius 1 is 0.838 bits per heavy atom. The van der Waals surface area contributed by atoms with Crippen molar-refractivity contribution in [3.05, 3.63) is 137 Å². The minimum Gasteiger partial charge on any atom is -0.449 e. The van der Waals surface area contributed by atoms with E-state index < -0.39 is 0 Å². The molecule has 4 aromatic rings. The lowest BCUT2D eigenvalue weighted by molar-refractivity contribution is -0.117. The summed E-state index contributed by atoms with van der Waals surface area (Å²) in [6, 6.07) is 32.9. The smallest absolute Gasteiger partial charge is 0.294 e. The highest BCUT2D eigenvalue weighted by Gasteiger charge is 2.30. The number of aryl methyl sites for hydroxylation is 1. The van der Waals surface area contributed by atoms with E-state index in [2.05, 4.69) is 5.32 Å². The second kappa shape index (κ2) is 11.0. The lowest BCUT2D eigenvalue weighted by Crippen LogP contribution is -2.36. The third kappa shape index (κ3) is 5.78. The zero-order chi connectivity index (χ0) is 25.6. The number of hydrogen-bond acceptors (Lipinski definition) is 3. The lowest BCUT2D eigenvalue weighted by Gasteiger charge is -2.30. The molecule has 0 fully saturated rings. The predicted octanol–water partition coefficient (Wildman–Crippen LogP) is 5.93. The van der Waals surface area contributed by atoms with Crippen LogP contribution in [0.1, 0.15) is 32.6 Å². The Morgan fingerprint density at radius 3 is 2.30 bits per heavy atom. The van der Waals surface area contributed by atoms with Crippen molar-refractivity contribution in [3.8, 4) is 5.75 Å². The summed E-state index contributed by atoms with van der Waals surface area (Å²) in [6.45, 7) is 3.05. The molecule has 0 spiro atoms. The topological polar surface area (TPSA) is 58.6 Å². The van der Waals surface area contributed by atoms with Crippen LogP contribution >= 0.6 is 0 Å². The van der Waals surface area contributed by atoms with E-state index >= 15 is 0 Å². The van der Waals surface area contributed by atoms with Gasteiger partial charge in [-0.25, -0.2) is 0 Å². The number of para-hydroxylation sites is 2. The molecule has 5 nitrogen and oxygen atoms in total. The maximum absolute atomic E-state index is 13.4. The van der Waals surface area contributed by atoms with E-state index in [1.807, 2.05) is 97.9 Å². The Morgan fingerprint density at radius 2 is 1.54 bits per heavy atom. The van der Waals surface area contributed by atoms with Crippen LogP contribution in [0.25, 0.3) is 6.08 Å². The third-order valence-corrected chi connectivity index (χ3v) is 6.31. The molecule has 184 valence electrons. The molecule has 0 aliphatic carbocycles. The molecule has 5 rings (SSSR count). The number of rotatable bonds is 7. The summed E-state index contributed by atoms with van der Waals surface area (Å²) in [5.41, 5.74) is 5.48. The minimum atomic E-state index is -0.206. The molecular formula is C32H28N2O3. The SMILES string of the molecule is Cc1ccc(CN2C(=O)C(=Cc3ccc(C(=O)NCCc4ccccc4)cc3)Oc3ccccc32)cc1. The van der Waals surface area contributed by atoms with E-state index in [9.17, 15) is 9.59 Å². The van der Waals surface area contributed by atoms with Gasteiger partial charge in [0.05, 0.1) is 12.2 Å². The number of fused-ring (bicyclic) bond motifs is 1. The average Bonchev–Trinajstić information content (AvgIpc) is 2.93. The Labute approximate surface area is 217 Å². The van der Waals surface area contributed by atoms with Crippen molar-refractivity contribution >= 4 is 23.6 Å². The maximum atomic E-state index is 13.4. The quantitative estimate of drug-likeness (QED) is 0.328. The number of hydrogen-bond donors (Lipinski definition) is 1. The number of nitrogens with one attached hydrogen (secondary N) is 1. The van der Waals surface area contributed by atoms with Gasteiger partial charge >= 0.3 is 0 Å². The molecule has 0 saturated heterocycles. The molecule has 1 N–H and O–H groups in total. The molecule has 1 aliphatic rings. The summed E-state index contributed by atoms with van der Waals surface area (Å²) in [7, 11) is 0. The van der Waals surface area contributed by atoms with Crippen molar-refractivity contribution in [3.63, 3.8) is 0 Å². The fraction of sp³-hybridized carbons (Fsp3) is 0.125. The molecule has 0 bridgehead atoms. The van der Waals surface area contributed by atoms with Crippen LogP contribution in [0, 0.1) is 6.92 Å². The summed E-state index contributed by atoms with van der Waals surface area (Å²) in [5, 5.41) is 2.96. The van der Waals surface area contributed by atoms with Gasteiger partial charge in [-0.2, -0.15) is 0 Å². The summed E-state index contributed by atoms with van der Waals surface area (Å²) >= 11 is 0. The molecule has 5 heteroatoms. The van der Waals surface area contributed by atoms with Gasteiger partial charge in [0.25, 0.3) is 11.8 Å². The molecule has 4 aromatic carbocycles. The minimum absolute atomic E-state index is 0.127. The highest BCUT2D eigenvalue weighted by Crippen LogP contribution is 2.36. The van der Waals surface area contributed by atoms with Crippen LogP contribution in [0.3, 0.4) is 0 Å². The zero-order valence-corrected chi connectivity index (χ0v) is 20.7. The van der Waals surface area contributed by atoms with Gasteiger partial charge < -0.3 is 10.1 Å². The molecule has 0 saturated carbocycles. The number of benzene rings is 4. The summed E-state index contributed by atoms with van der Waals surface area (Å²) in [4.78, 5) is 27.7. The normalized spacial score (nSPS) is 13.7. The van der Waals surface area contributed by atoms with Crippen molar-refractivity contribution in [2.24, 2.45) is 0 Å². The molecule has 0 atom stereocenters.